The Kier molecular flexibility index (Phi) is 4.09. The van der Waals surface area contributed by atoms with Crippen LogP contribution in [0.4, 0.5) is 0 Å². The predicted molar refractivity (Wildman–Crippen MR) is 55.5 cm³/mol. The Hall–Kier alpha value is -1.59. The molecule has 1 aliphatic heterocycles. The van der Waals surface area contributed by atoms with Gasteiger partial charge in [0.2, 0.25) is 5.91 Å². The molecule has 0 aromatic heterocycles. The number of carbonyl (C=O) groups excluding carboxylic acids is 3. The van der Waals surface area contributed by atoms with E-state index in [1.807, 2.05) is 0 Å². The first kappa shape index (κ1) is 13.5. The highest BCUT2D eigenvalue weighted by molar-refractivity contribution is 5.91. The Bertz CT molecular complexity index is 339. The van der Waals surface area contributed by atoms with Crippen molar-refractivity contribution < 1.29 is 24.2 Å². The topological polar surface area (TPSA) is 86.7 Å². The first-order chi connectivity index (χ1) is 7.90. The molecule has 0 N–H and O–H groups in total. The van der Waals surface area contributed by atoms with Gasteiger partial charge in [-0.1, -0.05) is 13.8 Å². The van der Waals surface area contributed by atoms with E-state index in [1.54, 1.807) is 13.8 Å². The molecule has 6 nitrogen and oxygen atoms in total. The standard InChI is InChI=1S/C11H17NO5/c1-6(2)9(10(14)15)12-7(11(16)17-3)4-5-8(12)13/h6-7,9H,4-5H2,1-3H3,(H,14,15)/p-1. The van der Waals surface area contributed by atoms with Gasteiger partial charge in [-0.15, -0.1) is 0 Å². The van der Waals surface area contributed by atoms with Crippen LogP contribution in [-0.2, 0) is 19.1 Å². The van der Waals surface area contributed by atoms with E-state index in [9.17, 15) is 19.5 Å². The number of esters is 1. The monoisotopic (exact) mass is 242 g/mol. The van der Waals surface area contributed by atoms with Crippen LogP contribution in [0.2, 0.25) is 0 Å². The molecule has 1 aliphatic rings. The number of hydrogen-bond acceptors (Lipinski definition) is 5. The van der Waals surface area contributed by atoms with Gasteiger partial charge in [-0.3, -0.25) is 4.79 Å². The number of rotatable bonds is 4. The second-order valence-corrected chi connectivity index (χ2v) is 4.39. The molecule has 0 aliphatic carbocycles. The summed E-state index contributed by atoms with van der Waals surface area (Å²) in [4.78, 5) is 35.3. The number of carbonyl (C=O) groups is 3. The molecule has 17 heavy (non-hydrogen) atoms. The zero-order valence-corrected chi connectivity index (χ0v) is 10.1. The summed E-state index contributed by atoms with van der Waals surface area (Å²) in [5.74, 6) is -2.59. The van der Waals surface area contributed by atoms with Crippen molar-refractivity contribution in [2.75, 3.05) is 7.11 Å². The van der Waals surface area contributed by atoms with Crippen molar-refractivity contribution in [2.45, 2.75) is 38.8 Å². The molecule has 1 rings (SSSR count). The minimum absolute atomic E-state index is 0.163. The van der Waals surface area contributed by atoms with Gasteiger partial charge >= 0.3 is 5.97 Å². The summed E-state index contributed by atoms with van der Waals surface area (Å²) < 4.78 is 4.58. The summed E-state index contributed by atoms with van der Waals surface area (Å²) in [6.07, 6.45) is 0.457. The van der Waals surface area contributed by atoms with E-state index in [-0.39, 0.29) is 18.2 Å². The van der Waals surface area contributed by atoms with Crippen LogP contribution in [-0.4, -0.2) is 41.9 Å². The molecule has 0 aromatic rings. The molecule has 1 heterocycles. The maximum absolute atomic E-state index is 11.7. The molecule has 0 spiro atoms. The van der Waals surface area contributed by atoms with Gasteiger partial charge in [0.25, 0.3) is 0 Å². The molecular formula is C11H16NO5-. The van der Waals surface area contributed by atoms with E-state index in [0.29, 0.717) is 6.42 Å². The third-order valence-electron chi connectivity index (χ3n) is 2.90. The SMILES string of the molecule is COC(=O)C1CCC(=O)N1C(C(=O)[O-])C(C)C. The lowest BCUT2D eigenvalue weighted by atomic mass is 10.0. The lowest BCUT2D eigenvalue weighted by Gasteiger charge is -2.35. The maximum atomic E-state index is 11.7. The molecule has 2 atom stereocenters. The van der Waals surface area contributed by atoms with E-state index in [2.05, 4.69) is 4.74 Å². The number of likely N-dealkylation sites (tertiary alicyclic amines) is 1. The van der Waals surface area contributed by atoms with Crippen LogP contribution in [0.3, 0.4) is 0 Å². The predicted octanol–water partition coefficient (Wildman–Crippen LogP) is -1.08. The zero-order chi connectivity index (χ0) is 13.2. The van der Waals surface area contributed by atoms with Crippen LogP contribution in [0.15, 0.2) is 0 Å². The summed E-state index contributed by atoms with van der Waals surface area (Å²) in [5.41, 5.74) is 0. The first-order valence-corrected chi connectivity index (χ1v) is 5.50. The number of carboxylic acids is 1. The largest absolute Gasteiger partial charge is 0.548 e. The van der Waals surface area contributed by atoms with E-state index in [1.165, 1.54) is 7.11 Å². The number of aliphatic carboxylic acids is 1. The highest BCUT2D eigenvalue weighted by Gasteiger charge is 2.42. The smallest absolute Gasteiger partial charge is 0.328 e. The van der Waals surface area contributed by atoms with Crippen molar-refractivity contribution in [1.82, 2.24) is 4.90 Å². The van der Waals surface area contributed by atoms with Gasteiger partial charge in [-0.05, 0) is 12.3 Å². The number of methoxy groups -OCH3 is 1. The van der Waals surface area contributed by atoms with Crippen molar-refractivity contribution >= 4 is 17.8 Å². The minimum Gasteiger partial charge on any atom is -0.548 e. The van der Waals surface area contributed by atoms with Gasteiger partial charge < -0.3 is 19.5 Å². The number of carboxylic acid groups (broad SMARTS) is 1. The average molecular weight is 242 g/mol. The first-order valence-electron chi connectivity index (χ1n) is 5.50. The molecule has 1 fully saturated rings. The van der Waals surface area contributed by atoms with E-state index < -0.39 is 24.0 Å². The van der Waals surface area contributed by atoms with Gasteiger partial charge in [0.1, 0.15) is 6.04 Å². The van der Waals surface area contributed by atoms with Gasteiger partial charge in [-0.2, -0.15) is 0 Å². The summed E-state index contributed by atoms with van der Waals surface area (Å²) in [7, 11) is 1.21. The lowest BCUT2D eigenvalue weighted by molar-refractivity contribution is -0.313. The van der Waals surface area contributed by atoms with Crippen molar-refractivity contribution in [1.29, 1.82) is 0 Å². The Balaban J connectivity index is 3.01. The van der Waals surface area contributed by atoms with Crippen molar-refractivity contribution in [3.8, 4) is 0 Å². The summed E-state index contributed by atoms with van der Waals surface area (Å²) in [5, 5.41) is 11.1. The van der Waals surface area contributed by atoms with Crippen LogP contribution in [0.1, 0.15) is 26.7 Å². The molecule has 96 valence electrons. The second kappa shape index (κ2) is 5.16. The second-order valence-electron chi connectivity index (χ2n) is 4.39. The fraction of sp³-hybridized carbons (Fsp3) is 0.727. The fourth-order valence-electron chi connectivity index (χ4n) is 2.13. The molecule has 1 amide bonds. The Morgan fingerprint density at radius 2 is 2.06 bits per heavy atom. The van der Waals surface area contributed by atoms with Crippen LogP contribution in [0, 0.1) is 5.92 Å². The Morgan fingerprint density at radius 1 is 1.47 bits per heavy atom. The lowest BCUT2D eigenvalue weighted by Crippen LogP contribution is -2.56. The van der Waals surface area contributed by atoms with Gasteiger partial charge in [-0.25, -0.2) is 4.79 Å². The fourth-order valence-corrected chi connectivity index (χ4v) is 2.13. The van der Waals surface area contributed by atoms with E-state index in [0.717, 1.165) is 4.90 Å². The molecule has 0 aromatic carbocycles. The van der Waals surface area contributed by atoms with Crippen molar-refractivity contribution in [3.05, 3.63) is 0 Å². The molecular weight excluding hydrogens is 226 g/mol. The Labute approximate surface area is 99.5 Å². The number of ether oxygens (including phenoxy) is 1. The average Bonchev–Trinajstić information content (AvgIpc) is 2.59. The molecule has 0 radical (unpaired) electrons. The summed E-state index contributed by atoms with van der Waals surface area (Å²) in [6, 6.07) is -1.90. The highest BCUT2D eigenvalue weighted by Crippen LogP contribution is 2.25. The molecule has 1 saturated heterocycles. The Morgan fingerprint density at radius 3 is 2.47 bits per heavy atom. The number of nitrogens with zero attached hydrogens (tertiary/aromatic N) is 1. The maximum Gasteiger partial charge on any atom is 0.328 e. The van der Waals surface area contributed by atoms with E-state index in [4.69, 9.17) is 0 Å². The normalized spacial score (nSPS) is 21.8. The molecule has 0 saturated carbocycles. The number of amides is 1. The van der Waals surface area contributed by atoms with Crippen molar-refractivity contribution in [2.24, 2.45) is 5.92 Å². The van der Waals surface area contributed by atoms with Gasteiger partial charge in [0.05, 0.1) is 19.1 Å². The third-order valence-corrected chi connectivity index (χ3v) is 2.90. The molecule has 6 heteroatoms. The van der Waals surface area contributed by atoms with Gasteiger partial charge in [0, 0.05) is 6.42 Å². The third kappa shape index (κ3) is 2.57. The highest BCUT2D eigenvalue weighted by atomic mass is 16.5. The summed E-state index contributed by atoms with van der Waals surface area (Å²) in [6.45, 7) is 3.33. The zero-order valence-electron chi connectivity index (χ0n) is 10.1. The van der Waals surface area contributed by atoms with Crippen LogP contribution >= 0.6 is 0 Å². The minimum atomic E-state index is -1.34. The molecule has 2 unspecified atom stereocenters. The number of hydrogen-bond donors (Lipinski definition) is 0. The summed E-state index contributed by atoms with van der Waals surface area (Å²) >= 11 is 0. The quantitative estimate of drug-likeness (QED) is 0.585. The van der Waals surface area contributed by atoms with Crippen LogP contribution in [0.25, 0.3) is 0 Å². The van der Waals surface area contributed by atoms with Crippen molar-refractivity contribution in [3.63, 3.8) is 0 Å². The van der Waals surface area contributed by atoms with Crippen LogP contribution in [0.5, 0.6) is 0 Å². The van der Waals surface area contributed by atoms with E-state index >= 15 is 0 Å². The van der Waals surface area contributed by atoms with Crippen LogP contribution < -0.4 is 5.11 Å². The molecule has 0 bridgehead atoms. The van der Waals surface area contributed by atoms with Gasteiger partial charge in [0.15, 0.2) is 0 Å².